The molecule has 3 aromatic rings. The van der Waals surface area contributed by atoms with Crippen LogP contribution in [0.5, 0.6) is 0 Å². The van der Waals surface area contributed by atoms with Gasteiger partial charge in [0.25, 0.3) is 5.91 Å². The van der Waals surface area contributed by atoms with E-state index in [0.29, 0.717) is 12.4 Å². The van der Waals surface area contributed by atoms with E-state index in [4.69, 9.17) is 0 Å². The molecule has 0 aliphatic heterocycles. The van der Waals surface area contributed by atoms with Crippen molar-refractivity contribution in [1.82, 2.24) is 19.7 Å². The van der Waals surface area contributed by atoms with Gasteiger partial charge in [0.1, 0.15) is 12.1 Å². The van der Waals surface area contributed by atoms with Crippen LogP contribution in [-0.2, 0) is 13.6 Å². The highest BCUT2D eigenvalue weighted by Gasteiger charge is 2.13. The number of anilines is 2. The second-order valence-corrected chi connectivity index (χ2v) is 5.83. The van der Waals surface area contributed by atoms with Crippen molar-refractivity contribution in [1.29, 1.82) is 0 Å². The summed E-state index contributed by atoms with van der Waals surface area (Å²) >= 11 is 0. The third-order valence-electron chi connectivity index (χ3n) is 3.99. The van der Waals surface area contributed by atoms with E-state index in [0.717, 1.165) is 11.3 Å². The Morgan fingerprint density at radius 1 is 1.16 bits per heavy atom. The van der Waals surface area contributed by atoms with Gasteiger partial charge >= 0.3 is 0 Å². The molecule has 128 valence electrons. The zero-order chi connectivity index (χ0) is 17.8. The molecule has 2 aromatic heterocycles. The summed E-state index contributed by atoms with van der Waals surface area (Å²) in [5, 5.41) is 10.0. The van der Waals surface area contributed by atoms with Crippen LogP contribution >= 0.6 is 0 Å². The molecule has 2 heterocycles. The molecule has 0 bridgehead atoms. The number of rotatable bonds is 5. The number of carbonyl (C=O) groups is 1. The minimum Gasteiger partial charge on any atom is -0.381 e. The summed E-state index contributed by atoms with van der Waals surface area (Å²) < 4.78 is 1.42. The van der Waals surface area contributed by atoms with Crippen LogP contribution in [0.15, 0.2) is 42.9 Å². The first-order chi connectivity index (χ1) is 12.0. The fourth-order valence-corrected chi connectivity index (χ4v) is 2.46. The van der Waals surface area contributed by atoms with Crippen LogP contribution in [0.1, 0.15) is 27.3 Å². The smallest absolute Gasteiger partial charge is 0.294 e. The number of hydrogen-bond acceptors (Lipinski definition) is 5. The molecule has 1 aromatic carbocycles. The second-order valence-electron chi connectivity index (χ2n) is 5.83. The maximum absolute atomic E-state index is 12.2. The zero-order valence-corrected chi connectivity index (χ0v) is 14.4. The van der Waals surface area contributed by atoms with Gasteiger partial charge in [-0.2, -0.15) is 5.10 Å². The van der Waals surface area contributed by atoms with Crippen molar-refractivity contribution in [3.05, 3.63) is 65.4 Å². The van der Waals surface area contributed by atoms with E-state index in [9.17, 15) is 4.79 Å². The predicted molar refractivity (Wildman–Crippen MR) is 96.4 cm³/mol. The SMILES string of the molecule is Cc1ccccc1CNc1cc(NC(=O)c2ncnn2C)ncc1C. The fourth-order valence-electron chi connectivity index (χ4n) is 2.46. The minimum absolute atomic E-state index is 0.233. The van der Waals surface area contributed by atoms with Crippen molar-refractivity contribution in [2.45, 2.75) is 20.4 Å². The Balaban J connectivity index is 1.73. The van der Waals surface area contributed by atoms with Gasteiger partial charge in [-0.15, -0.1) is 0 Å². The van der Waals surface area contributed by atoms with Gasteiger partial charge in [0, 0.05) is 31.5 Å². The normalized spacial score (nSPS) is 10.5. The van der Waals surface area contributed by atoms with Gasteiger partial charge in [-0.05, 0) is 30.5 Å². The number of aryl methyl sites for hydroxylation is 3. The highest BCUT2D eigenvalue weighted by molar-refractivity contribution is 6.01. The molecule has 25 heavy (non-hydrogen) atoms. The number of carbonyl (C=O) groups excluding carboxylic acids is 1. The van der Waals surface area contributed by atoms with Crippen molar-refractivity contribution in [3.63, 3.8) is 0 Å². The molecule has 0 fully saturated rings. The van der Waals surface area contributed by atoms with Gasteiger partial charge in [0.2, 0.25) is 5.82 Å². The van der Waals surface area contributed by atoms with Crippen molar-refractivity contribution < 1.29 is 4.79 Å². The Bertz CT molecular complexity index is 902. The van der Waals surface area contributed by atoms with Crippen molar-refractivity contribution in [3.8, 4) is 0 Å². The average molecular weight is 336 g/mol. The van der Waals surface area contributed by atoms with E-state index in [-0.39, 0.29) is 11.7 Å². The summed E-state index contributed by atoms with van der Waals surface area (Å²) in [5.41, 5.74) is 4.39. The molecule has 0 spiro atoms. The van der Waals surface area contributed by atoms with Crippen LogP contribution in [0.25, 0.3) is 0 Å². The number of aromatic nitrogens is 4. The highest BCUT2D eigenvalue weighted by Crippen LogP contribution is 2.19. The van der Waals surface area contributed by atoms with Gasteiger partial charge in [-0.1, -0.05) is 24.3 Å². The Hall–Kier alpha value is -3.22. The molecule has 0 saturated heterocycles. The maximum atomic E-state index is 12.2. The third kappa shape index (κ3) is 3.82. The molecule has 7 nitrogen and oxygen atoms in total. The molecule has 0 atom stereocenters. The molecule has 0 aliphatic carbocycles. The molecule has 0 radical (unpaired) electrons. The van der Waals surface area contributed by atoms with Gasteiger partial charge in [-0.3, -0.25) is 4.79 Å². The summed E-state index contributed by atoms with van der Waals surface area (Å²) in [4.78, 5) is 20.4. The van der Waals surface area contributed by atoms with Crippen LogP contribution in [0.2, 0.25) is 0 Å². The summed E-state index contributed by atoms with van der Waals surface area (Å²) in [6.07, 6.45) is 3.07. The molecule has 0 saturated carbocycles. The lowest BCUT2D eigenvalue weighted by Gasteiger charge is -2.13. The van der Waals surface area contributed by atoms with Gasteiger partial charge < -0.3 is 10.6 Å². The molecule has 0 aliphatic rings. The second kappa shape index (κ2) is 7.12. The number of benzene rings is 1. The molecular formula is C18H20N6O. The van der Waals surface area contributed by atoms with E-state index >= 15 is 0 Å². The van der Waals surface area contributed by atoms with Crippen molar-refractivity contribution >= 4 is 17.4 Å². The molecule has 1 amide bonds. The highest BCUT2D eigenvalue weighted by atomic mass is 16.2. The first-order valence-electron chi connectivity index (χ1n) is 7.95. The van der Waals surface area contributed by atoms with E-state index in [1.54, 1.807) is 13.2 Å². The fraction of sp³-hybridized carbons (Fsp3) is 0.222. The van der Waals surface area contributed by atoms with Crippen LogP contribution in [0, 0.1) is 13.8 Å². The number of pyridine rings is 1. The Labute approximate surface area is 146 Å². The zero-order valence-electron chi connectivity index (χ0n) is 14.4. The molecular weight excluding hydrogens is 316 g/mol. The van der Waals surface area contributed by atoms with E-state index < -0.39 is 0 Å². The predicted octanol–water partition coefficient (Wildman–Crippen LogP) is 2.69. The Morgan fingerprint density at radius 3 is 2.68 bits per heavy atom. The molecule has 3 rings (SSSR count). The van der Waals surface area contributed by atoms with Crippen molar-refractivity contribution in [2.75, 3.05) is 10.6 Å². The van der Waals surface area contributed by atoms with E-state index in [1.807, 2.05) is 25.1 Å². The lowest BCUT2D eigenvalue weighted by atomic mass is 10.1. The summed E-state index contributed by atoms with van der Waals surface area (Å²) in [6.45, 7) is 4.76. The van der Waals surface area contributed by atoms with E-state index in [2.05, 4.69) is 44.8 Å². The maximum Gasteiger partial charge on any atom is 0.294 e. The first kappa shape index (κ1) is 16.6. The number of amides is 1. The summed E-state index contributed by atoms with van der Waals surface area (Å²) in [6, 6.07) is 10.0. The third-order valence-corrected chi connectivity index (χ3v) is 3.99. The topological polar surface area (TPSA) is 84.7 Å². The largest absolute Gasteiger partial charge is 0.381 e. The quantitative estimate of drug-likeness (QED) is 0.748. The van der Waals surface area contributed by atoms with Gasteiger partial charge in [0.15, 0.2) is 0 Å². The van der Waals surface area contributed by atoms with Crippen molar-refractivity contribution in [2.24, 2.45) is 7.05 Å². The van der Waals surface area contributed by atoms with Crippen LogP contribution in [-0.4, -0.2) is 25.7 Å². The van der Waals surface area contributed by atoms with Crippen LogP contribution in [0.4, 0.5) is 11.5 Å². The Kier molecular flexibility index (Phi) is 4.74. The molecule has 7 heteroatoms. The monoisotopic (exact) mass is 336 g/mol. The average Bonchev–Trinajstić information content (AvgIpc) is 3.03. The number of nitrogens with zero attached hydrogens (tertiary/aromatic N) is 4. The van der Waals surface area contributed by atoms with E-state index in [1.165, 1.54) is 22.1 Å². The standard InChI is InChI=1S/C18H20N6O/c1-12-6-4-5-7-14(12)10-19-15-8-16(20-9-13(15)2)23-18(25)17-21-11-22-24(17)3/h4-9,11H,10H2,1-3H3,(H2,19,20,23,25). The van der Waals surface area contributed by atoms with Crippen LogP contribution in [0.3, 0.4) is 0 Å². The summed E-state index contributed by atoms with van der Waals surface area (Å²) in [7, 11) is 1.67. The van der Waals surface area contributed by atoms with Gasteiger partial charge in [-0.25, -0.2) is 14.6 Å². The lowest BCUT2D eigenvalue weighted by Crippen LogP contribution is -2.18. The first-order valence-corrected chi connectivity index (χ1v) is 7.95. The number of nitrogens with one attached hydrogen (secondary N) is 2. The Morgan fingerprint density at radius 2 is 1.96 bits per heavy atom. The molecule has 2 N–H and O–H groups in total. The van der Waals surface area contributed by atoms with Crippen LogP contribution < -0.4 is 10.6 Å². The minimum atomic E-state index is -0.346. The van der Waals surface area contributed by atoms with Gasteiger partial charge in [0.05, 0.1) is 0 Å². The lowest BCUT2D eigenvalue weighted by molar-refractivity contribution is 0.101. The molecule has 0 unspecified atom stereocenters. The number of hydrogen-bond donors (Lipinski definition) is 2. The summed E-state index contributed by atoms with van der Waals surface area (Å²) in [5.74, 6) is 0.351.